The van der Waals surface area contributed by atoms with Crippen LogP contribution in [0.5, 0.6) is 0 Å². The molecule has 0 radical (unpaired) electrons. The molecule has 0 fully saturated rings. The number of rotatable bonds is 6. The van der Waals surface area contributed by atoms with Gasteiger partial charge in [-0.25, -0.2) is 4.39 Å². The molecule has 4 heteroatoms. The maximum absolute atomic E-state index is 13.7. The predicted molar refractivity (Wildman–Crippen MR) is 83.5 cm³/mol. The summed E-state index contributed by atoms with van der Waals surface area (Å²) >= 11 is 0. The summed E-state index contributed by atoms with van der Waals surface area (Å²) in [5.41, 5.74) is 8.72. The van der Waals surface area contributed by atoms with Crippen LogP contribution in [-0.2, 0) is 6.42 Å². The smallest absolute Gasteiger partial charge is 0.126 e. The lowest BCUT2D eigenvalue weighted by molar-refractivity contribution is 0.252. The summed E-state index contributed by atoms with van der Waals surface area (Å²) in [5.74, 6) is -0.173. The van der Waals surface area contributed by atoms with Crippen molar-refractivity contribution >= 4 is 0 Å². The Balaban J connectivity index is 2.04. The Morgan fingerprint density at radius 2 is 1.95 bits per heavy atom. The third-order valence-corrected chi connectivity index (χ3v) is 3.84. The average Bonchev–Trinajstić information content (AvgIpc) is 2.50. The minimum Gasteiger partial charge on any atom is -0.329 e. The van der Waals surface area contributed by atoms with Crippen LogP contribution in [0, 0.1) is 12.7 Å². The fourth-order valence-electron chi connectivity index (χ4n) is 2.40. The number of nitrogens with zero attached hydrogens (tertiary/aromatic N) is 2. The Morgan fingerprint density at radius 1 is 1.24 bits per heavy atom. The van der Waals surface area contributed by atoms with Crippen molar-refractivity contribution in [3.63, 3.8) is 0 Å². The lowest BCUT2D eigenvalue weighted by atomic mass is 10.0. The lowest BCUT2D eigenvalue weighted by Gasteiger charge is -2.27. The predicted octanol–water partition coefficient (Wildman–Crippen LogP) is 2.70. The van der Waals surface area contributed by atoms with Gasteiger partial charge in [-0.15, -0.1) is 0 Å². The Bertz CT molecular complexity index is 572. The number of aromatic nitrogens is 1. The first-order valence-electron chi connectivity index (χ1n) is 7.17. The van der Waals surface area contributed by atoms with E-state index in [9.17, 15) is 4.39 Å². The minimum absolute atomic E-state index is 0.0296. The molecule has 1 unspecified atom stereocenters. The first-order chi connectivity index (χ1) is 10.1. The molecule has 1 aromatic carbocycles. The second kappa shape index (κ2) is 7.29. The van der Waals surface area contributed by atoms with Gasteiger partial charge in [0.15, 0.2) is 0 Å². The summed E-state index contributed by atoms with van der Waals surface area (Å²) in [6.45, 7) is 3.10. The normalized spacial score (nSPS) is 12.6. The van der Waals surface area contributed by atoms with Crippen molar-refractivity contribution in [2.45, 2.75) is 19.4 Å². The fourth-order valence-corrected chi connectivity index (χ4v) is 2.40. The SMILES string of the molecule is Cc1ccc(C(CN)N(C)CCc2ccncc2)cc1F. The highest BCUT2D eigenvalue weighted by atomic mass is 19.1. The number of hydrogen-bond donors (Lipinski definition) is 1. The van der Waals surface area contributed by atoms with E-state index >= 15 is 0 Å². The zero-order chi connectivity index (χ0) is 15.2. The second-order valence-corrected chi connectivity index (χ2v) is 5.35. The first kappa shape index (κ1) is 15.6. The molecule has 0 aliphatic heterocycles. The van der Waals surface area contributed by atoms with Crippen molar-refractivity contribution in [1.82, 2.24) is 9.88 Å². The van der Waals surface area contributed by atoms with Gasteiger partial charge in [-0.2, -0.15) is 0 Å². The third kappa shape index (κ3) is 4.09. The number of aryl methyl sites for hydroxylation is 1. The van der Waals surface area contributed by atoms with E-state index < -0.39 is 0 Å². The summed E-state index contributed by atoms with van der Waals surface area (Å²) in [6.07, 6.45) is 4.51. The van der Waals surface area contributed by atoms with Gasteiger partial charge in [-0.3, -0.25) is 9.88 Å². The Labute approximate surface area is 125 Å². The van der Waals surface area contributed by atoms with E-state index in [2.05, 4.69) is 9.88 Å². The van der Waals surface area contributed by atoms with E-state index in [1.807, 2.05) is 31.3 Å². The van der Waals surface area contributed by atoms with Crippen LogP contribution in [0.3, 0.4) is 0 Å². The van der Waals surface area contributed by atoms with E-state index in [1.54, 1.807) is 25.4 Å². The molecule has 0 aliphatic rings. The first-order valence-corrected chi connectivity index (χ1v) is 7.17. The monoisotopic (exact) mass is 287 g/mol. The summed E-state index contributed by atoms with van der Waals surface area (Å²) in [5, 5.41) is 0. The molecule has 0 saturated heterocycles. The zero-order valence-electron chi connectivity index (χ0n) is 12.6. The number of pyridine rings is 1. The van der Waals surface area contributed by atoms with Crippen molar-refractivity contribution in [2.24, 2.45) is 5.73 Å². The number of benzene rings is 1. The van der Waals surface area contributed by atoms with Crippen LogP contribution in [0.1, 0.15) is 22.7 Å². The van der Waals surface area contributed by atoms with Crippen LogP contribution in [0.4, 0.5) is 4.39 Å². The molecule has 3 nitrogen and oxygen atoms in total. The van der Waals surface area contributed by atoms with Gasteiger partial charge in [0.2, 0.25) is 0 Å². The number of nitrogens with two attached hydrogens (primary N) is 1. The molecule has 112 valence electrons. The Hall–Kier alpha value is -1.78. The van der Waals surface area contributed by atoms with E-state index in [-0.39, 0.29) is 11.9 Å². The molecule has 1 heterocycles. The Kier molecular flexibility index (Phi) is 5.42. The quantitative estimate of drug-likeness (QED) is 0.888. The van der Waals surface area contributed by atoms with Crippen LogP contribution < -0.4 is 5.73 Å². The van der Waals surface area contributed by atoms with E-state index in [0.29, 0.717) is 12.1 Å². The highest BCUT2D eigenvalue weighted by molar-refractivity contribution is 5.26. The third-order valence-electron chi connectivity index (χ3n) is 3.84. The van der Waals surface area contributed by atoms with E-state index in [1.165, 1.54) is 5.56 Å². The number of likely N-dealkylation sites (N-methyl/N-ethyl adjacent to an activating group) is 1. The van der Waals surface area contributed by atoms with Crippen LogP contribution in [-0.4, -0.2) is 30.0 Å². The summed E-state index contributed by atoms with van der Waals surface area (Å²) < 4.78 is 13.7. The van der Waals surface area contributed by atoms with Gasteiger partial charge in [0, 0.05) is 31.5 Å². The highest BCUT2D eigenvalue weighted by Crippen LogP contribution is 2.21. The van der Waals surface area contributed by atoms with Gasteiger partial charge in [0.25, 0.3) is 0 Å². The molecule has 0 amide bonds. The molecule has 21 heavy (non-hydrogen) atoms. The molecule has 2 N–H and O–H groups in total. The highest BCUT2D eigenvalue weighted by Gasteiger charge is 2.16. The minimum atomic E-state index is -0.173. The fraction of sp³-hybridized carbons (Fsp3) is 0.353. The average molecular weight is 287 g/mol. The molecular weight excluding hydrogens is 265 g/mol. The summed E-state index contributed by atoms with van der Waals surface area (Å²) in [4.78, 5) is 6.19. The number of halogens is 1. The summed E-state index contributed by atoms with van der Waals surface area (Å²) in [7, 11) is 2.02. The topological polar surface area (TPSA) is 42.1 Å². The molecule has 0 aliphatic carbocycles. The molecule has 1 aromatic heterocycles. The van der Waals surface area contributed by atoms with E-state index in [0.717, 1.165) is 18.5 Å². The second-order valence-electron chi connectivity index (χ2n) is 5.35. The zero-order valence-corrected chi connectivity index (χ0v) is 12.6. The maximum atomic E-state index is 13.7. The number of hydrogen-bond acceptors (Lipinski definition) is 3. The van der Waals surface area contributed by atoms with Crippen LogP contribution >= 0.6 is 0 Å². The lowest BCUT2D eigenvalue weighted by Crippen LogP contribution is -2.32. The van der Waals surface area contributed by atoms with Gasteiger partial charge < -0.3 is 5.73 Å². The van der Waals surface area contributed by atoms with Gasteiger partial charge in [-0.05, 0) is 55.3 Å². The molecule has 0 saturated carbocycles. The van der Waals surface area contributed by atoms with Crippen LogP contribution in [0.15, 0.2) is 42.7 Å². The maximum Gasteiger partial charge on any atom is 0.126 e. The van der Waals surface area contributed by atoms with Gasteiger partial charge in [0.05, 0.1) is 0 Å². The molecule has 0 bridgehead atoms. The molecule has 2 aromatic rings. The van der Waals surface area contributed by atoms with Crippen molar-refractivity contribution in [3.05, 3.63) is 65.2 Å². The van der Waals surface area contributed by atoms with E-state index in [4.69, 9.17) is 5.73 Å². The van der Waals surface area contributed by atoms with Crippen molar-refractivity contribution < 1.29 is 4.39 Å². The summed E-state index contributed by atoms with van der Waals surface area (Å²) in [6, 6.07) is 9.41. The Morgan fingerprint density at radius 3 is 2.57 bits per heavy atom. The van der Waals surface area contributed by atoms with Crippen LogP contribution in [0.25, 0.3) is 0 Å². The van der Waals surface area contributed by atoms with Gasteiger partial charge in [-0.1, -0.05) is 12.1 Å². The molecular formula is C17H22FN3. The van der Waals surface area contributed by atoms with Gasteiger partial charge in [0.1, 0.15) is 5.82 Å². The van der Waals surface area contributed by atoms with Crippen molar-refractivity contribution in [1.29, 1.82) is 0 Å². The largest absolute Gasteiger partial charge is 0.329 e. The molecule has 0 spiro atoms. The standard InChI is InChI=1S/C17H22FN3/c1-13-3-4-15(11-16(13)18)17(12-19)21(2)10-7-14-5-8-20-9-6-14/h3-6,8-9,11,17H,7,10,12,19H2,1-2H3. The molecule has 1 atom stereocenters. The van der Waals surface area contributed by atoms with Gasteiger partial charge >= 0.3 is 0 Å². The van der Waals surface area contributed by atoms with Crippen molar-refractivity contribution in [3.8, 4) is 0 Å². The molecule has 2 rings (SSSR count). The van der Waals surface area contributed by atoms with Crippen LogP contribution in [0.2, 0.25) is 0 Å². The van der Waals surface area contributed by atoms with Crippen molar-refractivity contribution in [2.75, 3.05) is 20.1 Å².